The van der Waals surface area contributed by atoms with Crippen LogP contribution in [-0.2, 0) is 27.4 Å². The molecule has 0 aromatic heterocycles. The van der Waals surface area contributed by atoms with Gasteiger partial charge in [-0.05, 0) is 43.0 Å². The third-order valence-electron chi connectivity index (χ3n) is 4.52. The van der Waals surface area contributed by atoms with Gasteiger partial charge in [-0.2, -0.15) is 0 Å². The molecule has 0 radical (unpaired) electrons. The first-order valence-corrected chi connectivity index (χ1v) is 10.5. The molecule has 2 aromatic carbocycles. The van der Waals surface area contributed by atoms with Crippen LogP contribution >= 0.6 is 0 Å². The van der Waals surface area contributed by atoms with Gasteiger partial charge in [-0.15, -0.1) is 0 Å². The second-order valence-electron chi connectivity index (χ2n) is 6.90. The highest BCUT2D eigenvalue weighted by atomic mass is 16.6. The van der Waals surface area contributed by atoms with E-state index in [0.717, 1.165) is 24.0 Å². The number of ether oxygens (including phenoxy) is 4. The van der Waals surface area contributed by atoms with Crippen LogP contribution in [0.2, 0.25) is 0 Å². The molecule has 1 atom stereocenters. The zero-order valence-electron chi connectivity index (χ0n) is 18.4. The molecule has 0 bridgehead atoms. The largest absolute Gasteiger partial charge is 0.493 e. The van der Waals surface area contributed by atoms with Crippen molar-refractivity contribution in [2.24, 2.45) is 0 Å². The van der Waals surface area contributed by atoms with Crippen LogP contribution in [0.25, 0.3) is 0 Å². The summed E-state index contributed by atoms with van der Waals surface area (Å²) in [5.41, 5.74) is 1.69. The third kappa shape index (κ3) is 8.20. The van der Waals surface area contributed by atoms with E-state index in [9.17, 15) is 9.59 Å². The molecule has 168 valence electrons. The van der Waals surface area contributed by atoms with E-state index in [4.69, 9.17) is 18.9 Å². The quantitative estimate of drug-likeness (QED) is 0.496. The summed E-state index contributed by atoms with van der Waals surface area (Å²) in [6.07, 6.45) is 1.08. The zero-order valence-corrected chi connectivity index (χ0v) is 18.4. The van der Waals surface area contributed by atoms with Gasteiger partial charge in [-0.1, -0.05) is 49.7 Å². The van der Waals surface area contributed by atoms with Crippen molar-refractivity contribution in [3.8, 4) is 11.5 Å². The van der Waals surface area contributed by atoms with Crippen LogP contribution in [0.3, 0.4) is 0 Å². The van der Waals surface area contributed by atoms with Gasteiger partial charge in [-0.25, -0.2) is 9.59 Å². The maximum atomic E-state index is 12.3. The first-order valence-electron chi connectivity index (χ1n) is 10.5. The number of methoxy groups -OCH3 is 1. The monoisotopic (exact) mass is 429 g/mol. The number of hydrogen-bond donors (Lipinski definition) is 1. The maximum Gasteiger partial charge on any atom is 0.407 e. The van der Waals surface area contributed by atoms with Crippen molar-refractivity contribution in [1.29, 1.82) is 0 Å². The Morgan fingerprint density at radius 1 is 0.968 bits per heavy atom. The van der Waals surface area contributed by atoms with E-state index in [1.54, 1.807) is 19.1 Å². The van der Waals surface area contributed by atoms with E-state index in [1.165, 1.54) is 7.11 Å². The van der Waals surface area contributed by atoms with Crippen LogP contribution in [-0.4, -0.2) is 31.9 Å². The Kier molecular flexibility index (Phi) is 10.2. The summed E-state index contributed by atoms with van der Waals surface area (Å²) in [6.45, 7) is 4.54. The topological polar surface area (TPSA) is 83.1 Å². The fraction of sp³-hybridized carbons (Fsp3) is 0.417. The first-order chi connectivity index (χ1) is 15.1. The molecule has 0 spiro atoms. The summed E-state index contributed by atoms with van der Waals surface area (Å²) in [5.74, 6) is 0.529. The van der Waals surface area contributed by atoms with E-state index < -0.39 is 18.2 Å². The number of carbonyl (C=O) groups is 2. The molecular formula is C24H31NO6. The molecule has 2 rings (SSSR count). The van der Waals surface area contributed by atoms with Gasteiger partial charge < -0.3 is 24.3 Å². The molecule has 7 heteroatoms. The number of carbonyl (C=O) groups excluding carboxylic acids is 2. The predicted molar refractivity (Wildman–Crippen MR) is 117 cm³/mol. The zero-order chi connectivity index (χ0) is 22.5. The van der Waals surface area contributed by atoms with Crippen molar-refractivity contribution in [2.75, 3.05) is 13.7 Å². The van der Waals surface area contributed by atoms with Crippen LogP contribution in [0.4, 0.5) is 4.79 Å². The van der Waals surface area contributed by atoms with E-state index in [0.29, 0.717) is 17.9 Å². The number of nitrogens with one attached hydrogen (secondary N) is 1. The fourth-order valence-corrected chi connectivity index (χ4v) is 2.87. The highest BCUT2D eigenvalue weighted by molar-refractivity contribution is 5.75. The highest BCUT2D eigenvalue weighted by Gasteiger charge is 2.23. The van der Waals surface area contributed by atoms with Crippen molar-refractivity contribution in [1.82, 2.24) is 5.32 Å². The lowest BCUT2D eigenvalue weighted by Crippen LogP contribution is -2.29. The van der Waals surface area contributed by atoms with Gasteiger partial charge in [0.15, 0.2) is 17.6 Å². The van der Waals surface area contributed by atoms with E-state index in [2.05, 4.69) is 5.32 Å². The Morgan fingerprint density at radius 3 is 2.42 bits per heavy atom. The summed E-state index contributed by atoms with van der Waals surface area (Å²) in [5, 5.41) is 2.72. The summed E-state index contributed by atoms with van der Waals surface area (Å²) >= 11 is 0. The number of alkyl carbamates (subject to hydrolysis) is 1. The molecule has 0 aliphatic carbocycles. The van der Waals surface area contributed by atoms with E-state index in [-0.39, 0.29) is 19.8 Å². The average molecular weight is 430 g/mol. The Labute approximate surface area is 183 Å². The molecule has 0 saturated heterocycles. The lowest BCUT2D eigenvalue weighted by Gasteiger charge is -2.19. The summed E-state index contributed by atoms with van der Waals surface area (Å²) in [7, 11) is 1.53. The van der Waals surface area contributed by atoms with E-state index >= 15 is 0 Å². The Hall–Kier alpha value is -3.22. The fourth-order valence-electron chi connectivity index (χ4n) is 2.87. The summed E-state index contributed by atoms with van der Waals surface area (Å²) < 4.78 is 21.7. The number of esters is 1. The maximum absolute atomic E-state index is 12.3. The standard InChI is InChI=1S/C24H31NO6/c1-4-6-12-21(23(26)29-5-2)31-22-15-19(13-14-20(22)28-3)16-25-24(27)30-17-18-10-8-7-9-11-18/h7-11,13-15,21H,4-6,12,16-17H2,1-3H3,(H,25,27). The van der Waals surface area contributed by atoms with Crippen molar-refractivity contribution in [2.45, 2.75) is 52.4 Å². The molecule has 31 heavy (non-hydrogen) atoms. The molecule has 7 nitrogen and oxygen atoms in total. The van der Waals surface area contributed by atoms with Crippen LogP contribution in [0.1, 0.15) is 44.2 Å². The minimum absolute atomic E-state index is 0.197. The number of rotatable bonds is 12. The van der Waals surface area contributed by atoms with Crippen LogP contribution < -0.4 is 14.8 Å². The Morgan fingerprint density at radius 2 is 1.74 bits per heavy atom. The Balaban J connectivity index is 1.99. The van der Waals surface area contributed by atoms with Gasteiger partial charge >= 0.3 is 12.1 Å². The van der Waals surface area contributed by atoms with E-state index in [1.807, 2.05) is 43.3 Å². The van der Waals surface area contributed by atoms with Crippen molar-refractivity contribution in [3.63, 3.8) is 0 Å². The molecule has 0 aliphatic rings. The average Bonchev–Trinajstić information content (AvgIpc) is 2.79. The van der Waals surface area contributed by atoms with Gasteiger partial charge in [0.05, 0.1) is 13.7 Å². The number of benzene rings is 2. The van der Waals surface area contributed by atoms with Gasteiger partial charge in [0.1, 0.15) is 6.61 Å². The van der Waals surface area contributed by atoms with Crippen LogP contribution in [0, 0.1) is 0 Å². The SMILES string of the molecule is CCCCC(Oc1cc(CNC(=O)OCc2ccccc2)ccc1OC)C(=O)OCC. The predicted octanol–water partition coefficient (Wildman–Crippen LogP) is 4.62. The number of amides is 1. The lowest BCUT2D eigenvalue weighted by atomic mass is 10.1. The number of hydrogen-bond acceptors (Lipinski definition) is 6. The van der Waals surface area contributed by atoms with Gasteiger partial charge in [-0.3, -0.25) is 0 Å². The lowest BCUT2D eigenvalue weighted by molar-refractivity contribution is -0.151. The second-order valence-corrected chi connectivity index (χ2v) is 6.90. The van der Waals surface area contributed by atoms with Gasteiger partial charge in [0.2, 0.25) is 0 Å². The molecule has 0 fully saturated rings. The molecule has 0 aliphatic heterocycles. The number of unbranched alkanes of at least 4 members (excludes halogenated alkanes) is 1. The first kappa shape index (κ1) is 24.1. The third-order valence-corrected chi connectivity index (χ3v) is 4.52. The van der Waals surface area contributed by atoms with Crippen LogP contribution in [0.5, 0.6) is 11.5 Å². The summed E-state index contributed by atoms with van der Waals surface area (Å²) in [4.78, 5) is 24.3. The smallest absolute Gasteiger partial charge is 0.407 e. The molecule has 0 saturated carbocycles. The second kappa shape index (κ2) is 13.2. The highest BCUT2D eigenvalue weighted by Crippen LogP contribution is 2.30. The van der Waals surface area contributed by atoms with Gasteiger partial charge in [0, 0.05) is 6.54 Å². The molecular weight excluding hydrogens is 398 g/mol. The minimum atomic E-state index is -0.715. The normalized spacial score (nSPS) is 11.3. The van der Waals surface area contributed by atoms with Crippen LogP contribution in [0.15, 0.2) is 48.5 Å². The van der Waals surface area contributed by atoms with Crippen molar-refractivity contribution >= 4 is 12.1 Å². The van der Waals surface area contributed by atoms with Crippen molar-refractivity contribution in [3.05, 3.63) is 59.7 Å². The van der Waals surface area contributed by atoms with Gasteiger partial charge in [0.25, 0.3) is 0 Å². The molecule has 1 amide bonds. The Bertz CT molecular complexity index is 824. The molecule has 1 N–H and O–H groups in total. The van der Waals surface area contributed by atoms with Crippen molar-refractivity contribution < 1.29 is 28.5 Å². The molecule has 1 unspecified atom stereocenters. The summed E-state index contributed by atoms with van der Waals surface area (Å²) in [6, 6.07) is 14.8. The molecule has 0 heterocycles. The molecule has 2 aromatic rings. The minimum Gasteiger partial charge on any atom is -0.493 e.